The molecule has 220 valence electrons. The number of nitrogens with zero attached hydrogens (tertiary/aromatic N) is 1. The number of ketones is 1. The van der Waals surface area contributed by atoms with Gasteiger partial charge in [0.05, 0.1) is 10.8 Å². The molecule has 2 heterocycles. The van der Waals surface area contributed by atoms with Gasteiger partial charge in [-0.2, -0.15) is 0 Å². The molecule has 0 unspecified atom stereocenters. The predicted octanol–water partition coefficient (Wildman–Crippen LogP) is 1.09. The summed E-state index contributed by atoms with van der Waals surface area (Å²) in [6, 6.07) is -3.20. The quantitative estimate of drug-likeness (QED) is 0.154. The number of nitrogens with one attached hydrogen (secondary N) is 4. The van der Waals surface area contributed by atoms with Gasteiger partial charge in [0, 0.05) is 19.0 Å². The second kappa shape index (κ2) is 10.4. The zero-order chi connectivity index (χ0) is 29.9. The molecule has 3 rings (SSSR count). The van der Waals surface area contributed by atoms with Crippen LogP contribution in [0.25, 0.3) is 0 Å². The summed E-state index contributed by atoms with van der Waals surface area (Å²) in [5.41, 5.74) is -1.02. The molecule has 2 saturated heterocycles. The van der Waals surface area contributed by atoms with E-state index in [1.165, 1.54) is 4.90 Å². The highest BCUT2D eigenvalue weighted by Gasteiger charge is 2.70. The maximum atomic E-state index is 14.0. The van der Waals surface area contributed by atoms with E-state index in [2.05, 4.69) is 28.0 Å². The lowest BCUT2D eigenvalue weighted by Crippen LogP contribution is -2.61. The van der Waals surface area contributed by atoms with Crippen LogP contribution in [0.3, 0.4) is 0 Å². The average molecular weight is 586 g/mol. The number of rotatable bonds is 9. The van der Waals surface area contributed by atoms with Gasteiger partial charge in [-0.3, -0.25) is 24.6 Å². The van der Waals surface area contributed by atoms with E-state index in [9.17, 15) is 27.6 Å². The van der Waals surface area contributed by atoms with Crippen molar-refractivity contribution in [2.75, 3.05) is 13.1 Å². The lowest BCUT2D eigenvalue weighted by atomic mass is 9.86. The lowest BCUT2D eigenvalue weighted by Gasteiger charge is -2.38. The molecule has 0 aromatic rings. The predicted molar refractivity (Wildman–Crippen MR) is 151 cm³/mol. The van der Waals surface area contributed by atoms with Crippen molar-refractivity contribution in [1.29, 1.82) is 5.41 Å². The van der Waals surface area contributed by atoms with Crippen molar-refractivity contribution in [2.45, 2.75) is 91.1 Å². The first kappa shape index (κ1) is 31.5. The Labute approximate surface area is 237 Å². The van der Waals surface area contributed by atoms with Crippen molar-refractivity contribution in [3.8, 4) is 0 Å². The summed E-state index contributed by atoms with van der Waals surface area (Å²) in [6.07, 6.45) is 0.527. The number of amides is 3. The molecule has 2 aliphatic heterocycles. The van der Waals surface area contributed by atoms with Crippen LogP contribution in [0.1, 0.15) is 68.2 Å². The summed E-state index contributed by atoms with van der Waals surface area (Å²) in [5.74, 6) is -2.61. The maximum absolute atomic E-state index is 14.0. The molecular formula is C26H43N5O6S2. The van der Waals surface area contributed by atoms with Gasteiger partial charge < -0.3 is 15.5 Å². The molecule has 39 heavy (non-hydrogen) atoms. The number of likely N-dealkylation sites (tertiary alicyclic amines) is 1. The summed E-state index contributed by atoms with van der Waals surface area (Å²) >= 11 is 3.86. The smallest absolute Gasteiger partial charge is 0.243 e. The first-order valence-corrected chi connectivity index (χ1v) is 15.3. The summed E-state index contributed by atoms with van der Waals surface area (Å²) in [6.45, 7) is 14.7. The van der Waals surface area contributed by atoms with Crippen molar-refractivity contribution in [3.63, 3.8) is 0 Å². The van der Waals surface area contributed by atoms with Crippen LogP contribution >= 0.6 is 12.6 Å². The third-order valence-corrected chi connectivity index (χ3v) is 10.9. The minimum atomic E-state index is -3.89. The van der Waals surface area contributed by atoms with Gasteiger partial charge >= 0.3 is 0 Å². The average Bonchev–Trinajstić information content (AvgIpc) is 3.14. The van der Waals surface area contributed by atoms with E-state index in [0.717, 1.165) is 0 Å². The van der Waals surface area contributed by atoms with Crippen LogP contribution in [0, 0.1) is 34.0 Å². The number of thiol groups is 1. The standard InChI is InChI=1S/C26H43N5O6S2/c1-24(2,3)19(30-39(36,37)25(4,5)6)23(35)31-12-14-16(26(14,7)8)17(31)22(34)29-15(18(32)20(27)38)11-13-9-10-28-21(13)33/h13-17,19,30H,9-12H2,1-8H3,(H2,27,38)(H,28,33)(H,29,34)/t13-,14-,15-,16-,17-,19+/m0/s1. The Morgan fingerprint density at radius 2 is 1.77 bits per heavy atom. The number of carbonyl (C=O) groups is 4. The van der Waals surface area contributed by atoms with Crippen molar-refractivity contribution in [3.05, 3.63) is 0 Å². The van der Waals surface area contributed by atoms with E-state index in [0.29, 0.717) is 13.0 Å². The molecule has 3 amide bonds. The van der Waals surface area contributed by atoms with Gasteiger partial charge in [-0.05, 0) is 56.3 Å². The van der Waals surface area contributed by atoms with E-state index in [1.54, 1.807) is 41.5 Å². The lowest BCUT2D eigenvalue weighted by molar-refractivity contribution is -0.144. The monoisotopic (exact) mass is 585 g/mol. The molecule has 4 N–H and O–H groups in total. The van der Waals surface area contributed by atoms with E-state index < -0.39 is 66.9 Å². The Morgan fingerprint density at radius 3 is 2.23 bits per heavy atom. The highest BCUT2D eigenvalue weighted by Crippen LogP contribution is 2.65. The Hall–Kier alpha value is -1.99. The second-order valence-corrected chi connectivity index (χ2v) is 16.6. The summed E-state index contributed by atoms with van der Waals surface area (Å²) in [5, 5.41) is 12.6. The molecule has 6 atom stereocenters. The molecule has 1 saturated carbocycles. The summed E-state index contributed by atoms with van der Waals surface area (Å²) in [4.78, 5) is 54.2. The first-order valence-electron chi connectivity index (χ1n) is 13.3. The number of Topliss-reactive ketones (excluding diaryl/α,β-unsaturated/α-hetero) is 1. The summed E-state index contributed by atoms with van der Waals surface area (Å²) in [7, 11) is -3.89. The van der Waals surface area contributed by atoms with E-state index in [1.807, 2.05) is 13.8 Å². The highest BCUT2D eigenvalue weighted by atomic mass is 32.2. The first-order chi connectivity index (χ1) is 17.6. The Balaban J connectivity index is 1.91. The Kier molecular flexibility index (Phi) is 8.44. The molecule has 1 aliphatic carbocycles. The molecular weight excluding hydrogens is 542 g/mol. The second-order valence-electron chi connectivity index (χ2n) is 13.7. The molecule has 3 fully saturated rings. The van der Waals surface area contributed by atoms with Crippen molar-refractivity contribution >= 4 is 51.2 Å². The zero-order valence-electron chi connectivity index (χ0n) is 24.0. The highest BCUT2D eigenvalue weighted by molar-refractivity contribution is 7.99. The van der Waals surface area contributed by atoms with Crippen LogP contribution in [-0.2, 0) is 29.2 Å². The third kappa shape index (κ3) is 6.19. The molecule has 3 aliphatic rings. The fraction of sp³-hybridized carbons (Fsp3) is 0.808. The molecule has 0 spiro atoms. The number of hydrogen-bond donors (Lipinski definition) is 5. The molecule has 11 nitrogen and oxygen atoms in total. The van der Waals surface area contributed by atoms with Gasteiger partial charge in [0.25, 0.3) is 0 Å². The maximum Gasteiger partial charge on any atom is 0.243 e. The fourth-order valence-corrected chi connectivity index (χ4v) is 6.99. The number of hydrogen-bond acceptors (Lipinski definition) is 7. The number of piperidine rings is 1. The molecule has 0 aromatic carbocycles. The molecule has 0 bridgehead atoms. The van der Waals surface area contributed by atoms with Gasteiger partial charge in [-0.15, -0.1) is 12.6 Å². The SMILES string of the molecule is CC(C)(C)[C@H](NS(=O)(=O)C(C)(C)C)C(=O)N1C[C@H]2[C@@H]([C@H]1C(=O)N[C@@H](C[C@@H]1CCNC1=O)C(=O)C(=N)S)C2(C)C. The van der Waals surface area contributed by atoms with E-state index in [-0.39, 0.29) is 36.1 Å². The number of fused-ring (bicyclic) bond motifs is 1. The van der Waals surface area contributed by atoms with E-state index >= 15 is 0 Å². The van der Waals surface area contributed by atoms with Crippen LogP contribution < -0.4 is 15.4 Å². The van der Waals surface area contributed by atoms with Crippen molar-refractivity contribution < 1.29 is 27.6 Å². The van der Waals surface area contributed by atoms with Crippen LogP contribution in [0.5, 0.6) is 0 Å². The number of carbonyl (C=O) groups excluding carboxylic acids is 4. The normalized spacial score (nSPS) is 27.8. The molecule has 0 aromatic heterocycles. The van der Waals surface area contributed by atoms with Gasteiger partial charge in [-0.1, -0.05) is 34.6 Å². The zero-order valence-corrected chi connectivity index (χ0v) is 25.8. The van der Waals surface area contributed by atoms with Crippen LogP contribution in [0.15, 0.2) is 0 Å². The Morgan fingerprint density at radius 1 is 1.18 bits per heavy atom. The minimum Gasteiger partial charge on any atom is -0.356 e. The van der Waals surface area contributed by atoms with Crippen LogP contribution in [-0.4, -0.2) is 77.8 Å². The Bertz CT molecular complexity index is 1170. The largest absolute Gasteiger partial charge is 0.356 e. The van der Waals surface area contributed by atoms with E-state index in [4.69, 9.17) is 5.41 Å². The van der Waals surface area contributed by atoms with Gasteiger partial charge in [0.1, 0.15) is 17.1 Å². The van der Waals surface area contributed by atoms with Crippen molar-refractivity contribution in [1.82, 2.24) is 20.3 Å². The number of sulfonamides is 1. The van der Waals surface area contributed by atoms with Crippen LogP contribution in [0.2, 0.25) is 0 Å². The minimum absolute atomic E-state index is 0.0213. The van der Waals surface area contributed by atoms with Gasteiger partial charge in [-0.25, -0.2) is 13.1 Å². The molecule has 0 radical (unpaired) electrons. The third-order valence-electron chi connectivity index (χ3n) is 8.50. The summed E-state index contributed by atoms with van der Waals surface area (Å²) < 4.78 is 27.5. The van der Waals surface area contributed by atoms with Crippen molar-refractivity contribution in [2.24, 2.45) is 28.6 Å². The fourth-order valence-electron chi connectivity index (χ4n) is 5.72. The topological polar surface area (TPSA) is 166 Å². The van der Waals surface area contributed by atoms with Gasteiger partial charge in [0.15, 0.2) is 0 Å². The van der Waals surface area contributed by atoms with Crippen LogP contribution in [0.4, 0.5) is 0 Å². The van der Waals surface area contributed by atoms with Gasteiger partial charge in [0.2, 0.25) is 33.5 Å². The molecule has 13 heteroatoms.